The lowest BCUT2D eigenvalue weighted by Crippen LogP contribution is -2.51. The maximum atomic E-state index is 13.8. The second kappa shape index (κ2) is 6.80. The summed E-state index contributed by atoms with van der Waals surface area (Å²) in [4.78, 5) is -0.0303. The van der Waals surface area contributed by atoms with Crippen molar-refractivity contribution in [3.8, 4) is 5.69 Å². The standard InChI is InChI=1S/C21H18ClF2N3O2S/c22-16-13-15(4-5-17(16)24)30(28,29)26-10-7-21(8-11-26)20-2-1-9-27(20)19-6-3-14(23)12-18(19)25-21/h1-6,9,12-13,25H,7-8,10-11H2. The Kier molecular flexibility index (Phi) is 4.43. The summed E-state index contributed by atoms with van der Waals surface area (Å²) in [7, 11) is -3.80. The van der Waals surface area contributed by atoms with E-state index in [2.05, 4.69) is 5.32 Å². The Hall–Kier alpha value is -2.42. The van der Waals surface area contributed by atoms with Crippen LogP contribution in [0, 0.1) is 11.6 Å². The number of aromatic nitrogens is 1. The van der Waals surface area contributed by atoms with E-state index in [4.69, 9.17) is 11.6 Å². The summed E-state index contributed by atoms with van der Waals surface area (Å²) < 4.78 is 56.8. The molecule has 0 aliphatic carbocycles. The first-order valence-electron chi connectivity index (χ1n) is 9.51. The number of hydrogen-bond donors (Lipinski definition) is 1. The van der Waals surface area contributed by atoms with Gasteiger partial charge in [-0.1, -0.05) is 11.6 Å². The Morgan fingerprint density at radius 1 is 1.03 bits per heavy atom. The molecule has 0 bridgehead atoms. The van der Waals surface area contributed by atoms with Gasteiger partial charge in [-0.15, -0.1) is 0 Å². The highest BCUT2D eigenvalue weighted by atomic mass is 35.5. The summed E-state index contributed by atoms with van der Waals surface area (Å²) in [5.41, 5.74) is 2.05. The van der Waals surface area contributed by atoms with Crippen LogP contribution in [0.4, 0.5) is 14.5 Å². The zero-order valence-electron chi connectivity index (χ0n) is 15.8. The van der Waals surface area contributed by atoms with E-state index in [1.165, 1.54) is 22.5 Å². The van der Waals surface area contributed by atoms with Crippen molar-refractivity contribution >= 4 is 27.3 Å². The Bertz CT molecular complexity index is 1250. The summed E-state index contributed by atoms with van der Waals surface area (Å²) in [6.45, 7) is 0.528. The number of rotatable bonds is 2. The van der Waals surface area contributed by atoms with E-state index in [9.17, 15) is 17.2 Å². The SMILES string of the molecule is O=S(=O)(c1ccc(F)c(Cl)c1)N1CCC2(CC1)Nc1cc(F)ccc1-n1cccc12. The van der Waals surface area contributed by atoms with E-state index in [0.717, 1.165) is 23.5 Å². The molecule has 0 saturated carbocycles. The third kappa shape index (κ3) is 2.93. The highest BCUT2D eigenvalue weighted by molar-refractivity contribution is 7.89. The molecule has 3 heterocycles. The fourth-order valence-corrected chi connectivity index (χ4v) is 6.11. The van der Waals surface area contributed by atoms with Gasteiger partial charge in [-0.2, -0.15) is 4.31 Å². The molecular formula is C21H18ClF2N3O2S. The number of halogens is 3. The summed E-state index contributed by atoms with van der Waals surface area (Å²) in [6, 6.07) is 12.0. The Labute approximate surface area is 177 Å². The van der Waals surface area contributed by atoms with E-state index in [0.29, 0.717) is 18.5 Å². The van der Waals surface area contributed by atoms with Crippen LogP contribution in [0.3, 0.4) is 0 Å². The lowest BCUT2D eigenvalue weighted by Gasteiger charge is -2.45. The van der Waals surface area contributed by atoms with Crippen LogP contribution < -0.4 is 5.32 Å². The zero-order valence-corrected chi connectivity index (χ0v) is 17.4. The van der Waals surface area contributed by atoms with Crippen molar-refractivity contribution in [2.75, 3.05) is 18.4 Å². The third-order valence-electron chi connectivity index (χ3n) is 5.94. The summed E-state index contributed by atoms with van der Waals surface area (Å²) >= 11 is 5.78. The molecule has 0 radical (unpaired) electrons. The minimum atomic E-state index is -3.80. The van der Waals surface area contributed by atoms with Gasteiger partial charge >= 0.3 is 0 Å². The van der Waals surface area contributed by atoms with Gasteiger partial charge in [0.2, 0.25) is 10.0 Å². The van der Waals surface area contributed by atoms with Crippen LogP contribution in [0.25, 0.3) is 5.69 Å². The quantitative estimate of drug-likeness (QED) is 0.626. The second-order valence-corrected chi connectivity index (χ2v) is 9.96. The van der Waals surface area contributed by atoms with E-state index >= 15 is 0 Å². The van der Waals surface area contributed by atoms with Crippen molar-refractivity contribution in [3.05, 3.63) is 77.1 Å². The van der Waals surface area contributed by atoms with Gasteiger partial charge in [-0.25, -0.2) is 17.2 Å². The monoisotopic (exact) mass is 449 g/mol. The van der Waals surface area contributed by atoms with Crippen molar-refractivity contribution in [2.45, 2.75) is 23.3 Å². The van der Waals surface area contributed by atoms with Crippen LogP contribution >= 0.6 is 11.6 Å². The summed E-state index contributed by atoms with van der Waals surface area (Å²) in [5.74, 6) is -0.994. The molecule has 2 aliphatic rings. The normalized spacial score (nSPS) is 18.0. The van der Waals surface area contributed by atoms with Gasteiger partial charge in [0.1, 0.15) is 11.6 Å². The van der Waals surface area contributed by atoms with Crippen molar-refractivity contribution in [1.29, 1.82) is 0 Å². The molecule has 3 aromatic rings. The number of fused-ring (bicyclic) bond motifs is 4. The fraction of sp³-hybridized carbons (Fsp3) is 0.238. The molecule has 0 unspecified atom stereocenters. The molecule has 1 aromatic heterocycles. The van der Waals surface area contributed by atoms with Crippen LogP contribution in [0.5, 0.6) is 0 Å². The van der Waals surface area contributed by atoms with Gasteiger partial charge in [0, 0.05) is 25.0 Å². The zero-order chi connectivity index (χ0) is 21.1. The van der Waals surface area contributed by atoms with Gasteiger partial charge in [-0.3, -0.25) is 0 Å². The van der Waals surface area contributed by atoms with Crippen LogP contribution in [0.15, 0.2) is 59.6 Å². The predicted octanol–water partition coefficient (Wildman–Crippen LogP) is 4.51. The largest absolute Gasteiger partial charge is 0.372 e. The molecule has 1 spiro atoms. The molecule has 0 atom stereocenters. The number of sulfonamides is 1. The van der Waals surface area contributed by atoms with Gasteiger partial charge < -0.3 is 9.88 Å². The molecular weight excluding hydrogens is 432 g/mol. The number of benzene rings is 2. The average Bonchev–Trinajstić information content (AvgIpc) is 3.21. The molecule has 1 saturated heterocycles. The van der Waals surface area contributed by atoms with Crippen molar-refractivity contribution in [2.24, 2.45) is 0 Å². The topological polar surface area (TPSA) is 54.3 Å². The minimum Gasteiger partial charge on any atom is -0.372 e. The van der Waals surface area contributed by atoms with Crippen LogP contribution in [0.1, 0.15) is 18.5 Å². The number of nitrogens with one attached hydrogen (secondary N) is 1. The van der Waals surface area contributed by atoms with Crippen molar-refractivity contribution in [3.63, 3.8) is 0 Å². The number of anilines is 1. The highest BCUT2D eigenvalue weighted by Gasteiger charge is 2.44. The van der Waals surface area contributed by atoms with Crippen molar-refractivity contribution < 1.29 is 17.2 Å². The second-order valence-electron chi connectivity index (χ2n) is 7.61. The van der Waals surface area contributed by atoms with E-state index < -0.39 is 21.4 Å². The van der Waals surface area contributed by atoms with Crippen LogP contribution in [-0.4, -0.2) is 30.4 Å². The molecule has 2 aliphatic heterocycles. The van der Waals surface area contributed by atoms with E-state index in [1.807, 2.05) is 22.9 Å². The van der Waals surface area contributed by atoms with E-state index in [-0.39, 0.29) is 28.8 Å². The average molecular weight is 450 g/mol. The molecule has 9 heteroatoms. The molecule has 5 nitrogen and oxygen atoms in total. The van der Waals surface area contributed by atoms with E-state index in [1.54, 1.807) is 6.07 Å². The first-order chi connectivity index (χ1) is 14.3. The minimum absolute atomic E-state index is 0.0303. The number of piperidine rings is 1. The maximum absolute atomic E-state index is 13.8. The number of hydrogen-bond acceptors (Lipinski definition) is 3. The fourth-order valence-electron chi connectivity index (χ4n) is 4.40. The molecule has 156 valence electrons. The molecule has 30 heavy (non-hydrogen) atoms. The lowest BCUT2D eigenvalue weighted by atomic mass is 9.83. The lowest BCUT2D eigenvalue weighted by molar-refractivity contribution is 0.247. The molecule has 5 rings (SSSR count). The summed E-state index contributed by atoms with van der Waals surface area (Å²) in [6.07, 6.45) is 2.93. The summed E-state index contributed by atoms with van der Waals surface area (Å²) in [5, 5.41) is 3.24. The van der Waals surface area contributed by atoms with Gasteiger partial charge in [0.05, 0.1) is 26.8 Å². The first-order valence-corrected chi connectivity index (χ1v) is 11.3. The molecule has 1 fully saturated rings. The number of nitrogens with zero attached hydrogens (tertiary/aromatic N) is 2. The van der Waals surface area contributed by atoms with Crippen LogP contribution in [-0.2, 0) is 15.6 Å². The van der Waals surface area contributed by atoms with Crippen molar-refractivity contribution in [1.82, 2.24) is 8.87 Å². The van der Waals surface area contributed by atoms with Gasteiger partial charge in [0.25, 0.3) is 0 Å². The Morgan fingerprint density at radius 3 is 2.53 bits per heavy atom. The first kappa shape index (κ1) is 19.5. The predicted molar refractivity (Wildman–Crippen MR) is 110 cm³/mol. The highest BCUT2D eigenvalue weighted by Crippen LogP contribution is 2.44. The van der Waals surface area contributed by atoms with Gasteiger partial charge in [0.15, 0.2) is 0 Å². The van der Waals surface area contributed by atoms with Crippen LogP contribution in [0.2, 0.25) is 5.02 Å². The Balaban J connectivity index is 1.45. The Morgan fingerprint density at radius 2 is 1.80 bits per heavy atom. The smallest absolute Gasteiger partial charge is 0.243 e. The molecule has 0 amide bonds. The molecule has 1 N–H and O–H groups in total. The molecule has 2 aromatic carbocycles. The van der Waals surface area contributed by atoms with Gasteiger partial charge in [-0.05, 0) is 61.4 Å². The maximum Gasteiger partial charge on any atom is 0.243 e. The third-order valence-corrected chi connectivity index (χ3v) is 8.12.